The summed E-state index contributed by atoms with van der Waals surface area (Å²) in [5, 5.41) is 0. The summed E-state index contributed by atoms with van der Waals surface area (Å²) in [5.41, 5.74) is 16.7. The molecular formula is C30H23Sn. The molecular weight excluding hydrogens is 479 g/mol. The van der Waals surface area contributed by atoms with Crippen LogP contribution in [0.2, 0.25) is 0 Å². The number of hydrogen-bond acceptors (Lipinski definition) is 0. The molecule has 0 amide bonds. The molecule has 0 N–H and O–H groups in total. The van der Waals surface area contributed by atoms with Gasteiger partial charge in [0, 0.05) is 44.6 Å². The van der Waals surface area contributed by atoms with Crippen molar-refractivity contribution >= 4 is 42.1 Å². The molecule has 0 fully saturated rings. The van der Waals surface area contributed by atoms with Crippen molar-refractivity contribution < 1.29 is 1.43 Å². The molecule has 0 heterocycles. The van der Waals surface area contributed by atoms with Gasteiger partial charge >= 0.3 is 0 Å². The fourth-order valence-corrected chi connectivity index (χ4v) is 3.21. The van der Waals surface area contributed by atoms with Crippen molar-refractivity contribution in [3.63, 3.8) is 0 Å². The molecule has 3 aliphatic carbocycles. The molecule has 0 atom stereocenters. The predicted octanol–water partition coefficient (Wildman–Crippen LogP) is 7.13. The van der Waals surface area contributed by atoms with Gasteiger partial charge in [-0.1, -0.05) is 72.8 Å². The van der Waals surface area contributed by atoms with Crippen LogP contribution in [0.4, 0.5) is 0 Å². The van der Waals surface area contributed by atoms with Crippen molar-refractivity contribution in [3.8, 4) is 0 Å². The van der Waals surface area contributed by atoms with E-state index >= 15 is 0 Å². The standard InChI is InChI=1S/3C10H7.Sn.H2/c3*1-2-6-10-8-4-3-7-9(10)5-1;;/h3*1-3,5-8H;;1H. The Labute approximate surface area is 203 Å². The maximum atomic E-state index is 3.04. The molecule has 1 heteroatoms. The normalized spacial score (nSPS) is 12.8. The number of rotatable bonds is 0. The second kappa shape index (κ2) is 12.0. The van der Waals surface area contributed by atoms with Gasteiger partial charge < -0.3 is 0 Å². The number of allylic oxidation sites excluding steroid dienone is 3. The smallest absolute Gasteiger partial charge is 0.0210 e. The van der Waals surface area contributed by atoms with E-state index in [0.717, 1.165) is 0 Å². The van der Waals surface area contributed by atoms with Gasteiger partial charge in [-0.25, -0.2) is 0 Å². The first-order valence-corrected chi connectivity index (χ1v) is 9.95. The summed E-state index contributed by atoms with van der Waals surface area (Å²) >= 11 is 0. The molecule has 6 rings (SSSR count). The number of benzene rings is 3. The average molecular weight is 502 g/mol. The van der Waals surface area contributed by atoms with Gasteiger partial charge in [-0.2, -0.15) is 0 Å². The quantitative estimate of drug-likeness (QED) is 0.227. The third kappa shape index (κ3) is 6.50. The van der Waals surface area contributed by atoms with Crippen LogP contribution >= 0.6 is 0 Å². The summed E-state index contributed by atoms with van der Waals surface area (Å²) < 4.78 is 0. The van der Waals surface area contributed by atoms with Crippen molar-refractivity contribution in [1.82, 2.24) is 0 Å². The van der Waals surface area contributed by atoms with E-state index in [1.54, 1.807) is 0 Å². The third-order valence-electron chi connectivity index (χ3n) is 4.78. The van der Waals surface area contributed by atoms with Gasteiger partial charge in [-0.15, -0.1) is 17.2 Å². The van der Waals surface area contributed by atoms with E-state index in [1.165, 1.54) is 33.4 Å². The summed E-state index contributed by atoms with van der Waals surface area (Å²) in [6, 6.07) is 24.8. The Balaban J connectivity index is 0.000000165. The molecule has 0 spiro atoms. The number of fused-ring (bicyclic) bond motifs is 3. The summed E-state index contributed by atoms with van der Waals surface area (Å²) in [4.78, 5) is 0. The maximum absolute atomic E-state index is 3.04. The van der Waals surface area contributed by atoms with Crippen LogP contribution in [0.1, 0.15) is 34.8 Å². The van der Waals surface area contributed by atoms with Crippen LogP contribution in [-0.4, -0.2) is 23.9 Å². The molecule has 0 unspecified atom stereocenters. The Morgan fingerprint density at radius 3 is 0.903 bits per heavy atom. The van der Waals surface area contributed by atoms with E-state index in [-0.39, 0.29) is 25.3 Å². The Kier molecular flexibility index (Phi) is 8.80. The van der Waals surface area contributed by atoms with Crippen LogP contribution in [0.3, 0.4) is 0 Å². The second-order valence-corrected chi connectivity index (χ2v) is 6.82. The van der Waals surface area contributed by atoms with E-state index in [4.69, 9.17) is 0 Å². The van der Waals surface area contributed by atoms with Crippen molar-refractivity contribution in [3.05, 3.63) is 161 Å². The van der Waals surface area contributed by atoms with Gasteiger partial charge in [0.2, 0.25) is 0 Å². The van der Waals surface area contributed by atoms with Gasteiger partial charge in [0.05, 0.1) is 0 Å². The topological polar surface area (TPSA) is 0 Å². The zero-order chi connectivity index (χ0) is 20.4. The second-order valence-electron chi connectivity index (χ2n) is 6.82. The molecule has 0 nitrogen and oxygen atoms in total. The third-order valence-corrected chi connectivity index (χ3v) is 4.78. The molecule has 0 bridgehead atoms. The molecule has 3 aromatic carbocycles. The van der Waals surface area contributed by atoms with Crippen LogP contribution in [-0.2, 0) is 0 Å². The molecule has 3 aliphatic rings. The van der Waals surface area contributed by atoms with Gasteiger partial charge in [-0.3, -0.25) is 0 Å². The van der Waals surface area contributed by atoms with Crippen molar-refractivity contribution in [2.45, 2.75) is 0 Å². The minimum absolute atomic E-state index is 0. The first-order chi connectivity index (χ1) is 14.9. The molecule has 147 valence electrons. The summed E-state index contributed by atoms with van der Waals surface area (Å²) in [6.45, 7) is 0. The number of hydrogen-bond donors (Lipinski definition) is 0. The minimum Gasteiger partial charge on any atom is -0.124 e. The zero-order valence-corrected chi connectivity index (χ0v) is 20.0. The van der Waals surface area contributed by atoms with E-state index < -0.39 is 0 Å². The molecule has 31 heavy (non-hydrogen) atoms. The van der Waals surface area contributed by atoms with Crippen molar-refractivity contribution in [2.75, 3.05) is 0 Å². The van der Waals surface area contributed by atoms with Crippen LogP contribution < -0.4 is 0 Å². The van der Waals surface area contributed by atoms with Crippen LogP contribution in [0.5, 0.6) is 0 Å². The summed E-state index contributed by atoms with van der Waals surface area (Å²) in [6.07, 6.45) is 18.0. The Hall–Kier alpha value is -2.98. The van der Waals surface area contributed by atoms with Crippen LogP contribution in [0, 0.1) is 19.3 Å². The molecule has 3 aromatic rings. The fourth-order valence-electron chi connectivity index (χ4n) is 3.21. The van der Waals surface area contributed by atoms with Crippen LogP contribution in [0.15, 0.2) is 108 Å². The van der Waals surface area contributed by atoms with Gasteiger partial charge in [0.1, 0.15) is 0 Å². The SMILES string of the molecule is C1=C[CH]c2ccccc2C=1.C1=C[CH]c2ccccc2C=1.C1=C[CH]c2ccccc2C=1.[HH].[Sn]. The van der Waals surface area contributed by atoms with Crippen molar-refractivity contribution in [1.29, 1.82) is 0 Å². The van der Waals surface area contributed by atoms with Gasteiger partial charge in [-0.05, 0) is 69.8 Å². The first-order valence-electron chi connectivity index (χ1n) is 9.95. The Morgan fingerprint density at radius 2 is 0.645 bits per heavy atom. The molecule has 0 aromatic heterocycles. The summed E-state index contributed by atoms with van der Waals surface area (Å²) in [7, 11) is 0. The van der Waals surface area contributed by atoms with Crippen LogP contribution in [0.25, 0.3) is 18.2 Å². The van der Waals surface area contributed by atoms with Gasteiger partial charge in [0.15, 0.2) is 0 Å². The fraction of sp³-hybridized carbons (Fsp3) is 0. The molecule has 0 saturated carbocycles. The van der Waals surface area contributed by atoms with Crippen molar-refractivity contribution in [2.24, 2.45) is 0 Å². The maximum Gasteiger partial charge on any atom is 0.0210 e. The first kappa shape index (κ1) is 22.7. The van der Waals surface area contributed by atoms with E-state index in [1.807, 2.05) is 72.9 Å². The Bertz CT molecular complexity index is 1070. The van der Waals surface area contributed by atoms with E-state index in [9.17, 15) is 0 Å². The molecule has 7 radical (unpaired) electrons. The average Bonchev–Trinajstić information content (AvgIpc) is 2.85. The monoisotopic (exact) mass is 503 g/mol. The summed E-state index contributed by atoms with van der Waals surface area (Å²) in [5.74, 6) is 0. The molecule has 0 aliphatic heterocycles. The zero-order valence-electron chi connectivity index (χ0n) is 17.1. The van der Waals surface area contributed by atoms with E-state index in [0.29, 0.717) is 0 Å². The Morgan fingerprint density at radius 1 is 0.387 bits per heavy atom. The van der Waals surface area contributed by atoms with E-state index in [2.05, 4.69) is 72.9 Å². The largest absolute Gasteiger partial charge is 0.124 e. The predicted molar refractivity (Wildman–Crippen MR) is 135 cm³/mol. The minimum atomic E-state index is 0. The molecule has 0 saturated heterocycles. The van der Waals surface area contributed by atoms with Gasteiger partial charge in [0.25, 0.3) is 0 Å².